The number of carbonyl (C=O) groups excluding carboxylic acids is 1. The minimum absolute atomic E-state index is 0.0303. The molecule has 9 heteroatoms. The maximum absolute atomic E-state index is 14.8. The van der Waals surface area contributed by atoms with E-state index in [4.69, 9.17) is 25.6 Å². The quantitative estimate of drug-likeness (QED) is 0.686. The van der Waals surface area contributed by atoms with Crippen molar-refractivity contribution in [2.24, 2.45) is 0 Å². The monoisotopic (exact) mass is 379 g/mol. The van der Waals surface area contributed by atoms with Gasteiger partial charge >= 0.3 is 11.8 Å². The maximum atomic E-state index is 14.8. The molecule has 1 aliphatic heterocycles. The number of hydrogen-bond acceptors (Lipinski definition) is 5. The van der Waals surface area contributed by atoms with Crippen molar-refractivity contribution < 1.29 is 27.4 Å². The normalized spacial score (nSPS) is 21.4. The second-order valence-corrected chi connectivity index (χ2v) is 8.80. The molecule has 2 atom stereocenters. The van der Waals surface area contributed by atoms with E-state index in [1.165, 1.54) is 0 Å². The number of alkyl halides is 2. The summed E-state index contributed by atoms with van der Waals surface area (Å²) in [6, 6.07) is 7.82. The van der Waals surface area contributed by atoms with Gasteiger partial charge in [0.25, 0.3) is 6.49 Å². The Morgan fingerprint density at radius 1 is 1.25 bits per heavy atom. The van der Waals surface area contributed by atoms with E-state index in [0.29, 0.717) is 5.56 Å². The number of ether oxygens (including phenoxy) is 1. The van der Waals surface area contributed by atoms with Crippen LogP contribution in [0.3, 0.4) is 0 Å². The van der Waals surface area contributed by atoms with E-state index in [9.17, 15) is 13.6 Å². The van der Waals surface area contributed by atoms with Crippen molar-refractivity contribution in [3.05, 3.63) is 35.9 Å². The van der Waals surface area contributed by atoms with Crippen LogP contribution in [-0.2, 0) is 25.6 Å². The number of amides is 1. The summed E-state index contributed by atoms with van der Waals surface area (Å²) in [5, 5.41) is 2.43. The summed E-state index contributed by atoms with van der Waals surface area (Å²) in [5.74, 6) is 0. The Labute approximate surface area is 144 Å². The van der Waals surface area contributed by atoms with Gasteiger partial charge in [0.1, 0.15) is 6.10 Å². The molecule has 2 rings (SSSR count). The average Bonchev–Trinajstić information content (AvgIpc) is 2.88. The molecule has 5 nitrogen and oxygen atoms in total. The topological polar surface area (TPSA) is 56.8 Å². The third-order valence-electron chi connectivity index (χ3n) is 3.50. The van der Waals surface area contributed by atoms with Crippen LogP contribution in [0.1, 0.15) is 31.9 Å². The molecule has 24 heavy (non-hydrogen) atoms. The van der Waals surface area contributed by atoms with Crippen molar-refractivity contribution in [2.75, 3.05) is 13.2 Å². The third kappa shape index (κ3) is 4.11. The van der Waals surface area contributed by atoms with E-state index in [2.05, 4.69) is 5.32 Å². The third-order valence-corrected chi connectivity index (χ3v) is 7.11. The van der Waals surface area contributed by atoms with E-state index < -0.39 is 36.8 Å². The Bertz CT molecular complexity index is 607. The lowest BCUT2D eigenvalue weighted by Crippen LogP contribution is -2.35. The Morgan fingerprint density at radius 2 is 1.83 bits per heavy atom. The Balaban J connectivity index is 2.23. The second kappa shape index (κ2) is 7.87. The summed E-state index contributed by atoms with van der Waals surface area (Å²) < 4.78 is 45.0. The molecule has 1 N–H and O–H groups in total. The van der Waals surface area contributed by atoms with Gasteiger partial charge in [-0.05, 0) is 31.2 Å². The first kappa shape index (κ1) is 19.2. The van der Waals surface area contributed by atoms with Gasteiger partial charge in [0.15, 0.2) is 0 Å². The Hall–Kier alpha value is -1.08. The number of carbonyl (C=O) groups is 1. The fourth-order valence-electron chi connectivity index (χ4n) is 2.50. The average molecular weight is 379 g/mol. The van der Waals surface area contributed by atoms with Gasteiger partial charge in [-0.25, -0.2) is 4.79 Å². The molecule has 1 aliphatic rings. The van der Waals surface area contributed by atoms with Crippen LogP contribution in [0.25, 0.3) is 0 Å². The first-order valence-electron chi connectivity index (χ1n) is 7.62. The molecule has 0 aliphatic carbocycles. The molecule has 1 heterocycles. The highest BCUT2D eigenvalue weighted by Crippen LogP contribution is 2.64. The summed E-state index contributed by atoms with van der Waals surface area (Å²) in [5.41, 5.74) is -2.76. The lowest BCUT2D eigenvalue weighted by molar-refractivity contribution is 0.0310. The first-order valence-corrected chi connectivity index (χ1v) is 10.3. The highest BCUT2D eigenvalue weighted by Gasteiger charge is 2.53. The fraction of sp³-hybridized carbons (Fsp3) is 0.533. The van der Waals surface area contributed by atoms with Gasteiger partial charge in [-0.3, -0.25) is 0 Å². The smallest absolute Gasteiger partial charge is 0.408 e. The van der Waals surface area contributed by atoms with Crippen LogP contribution in [0.2, 0.25) is 0 Å². The molecule has 1 saturated heterocycles. The molecule has 0 saturated carbocycles. The van der Waals surface area contributed by atoms with Crippen LogP contribution in [0.4, 0.5) is 13.6 Å². The van der Waals surface area contributed by atoms with Gasteiger partial charge in [0, 0.05) is 6.42 Å². The Kier molecular flexibility index (Phi) is 6.31. The van der Waals surface area contributed by atoms with Gasteiger partial charge < -0.3 is 19.1 Å². The van der Waals surface area contributed by atoms with Crippen LogP contribution in [0.15, 0.2) is 30.3 Å². The summed E-state index contributed by atoms with van der Waals surface area (Å²) in [6.07, 6.45) is -2.25. The molecular weight excluding hydrogens is 359 g/mol. The van der Waals surface area contributed by atoms with Gasteiger partial charge in [-0.1, -0.05) is 30.3 Å². The number of nitrogens with one attached hydrogen (secondary N) is 1. The van der Waals surface area contributed by atoms with Crippen molar-refractivity contribution in [3.8, 4) is 0 Å². The van der Waals surface area contributed by atoms with Crippen LogP contribution >= 0.6 is 6.49 Å². The highest BCUT2D eigenvalue weighted by atomic mass is 32.5. The number of rotatable bonds is 8. The van der Waals surface area contributed by atoms with Gasteiger partial charge in [-0.15, -0.1) is 0 Å². The van der Waals surface area contributed by atoms with E-state index in [-0.39, 0.29) is 13.2 Å². The Morgan fingerprint density at radius 3 is 2.38 bits per heavy atom. The van der Waals surface area contributed by atoms with Crippen LogP contribution in [0, 0.1) is 0 Å². The van der Waals surface area contributed by atoms with Crippen molar-refractivity contribution in [2.45, 2.75) is 38.1 Å². The molecule has 1 fully saturated rings. The van der Waals surface area contributed by atoms with Crippen molar-refractivity contribution in [1.82, 2.24) is 5.32 Å². The van der Waals surface area contributed by atoms with Gasteiger partial charge in [-0.2, -0.15) is 8.78 Å². The molecular formula is C15H20F2NO4PS. The lowest BCUT2D eigenvalue weighted by Gasteiger charge is -2.31. The second-order valence-electron chi connectivity index (χ2n) is 5.19. The number of alkyl carbamates (subject to hydrolysis) is 1. The van der Waals surface area contributed by atoms with Crippen LogP contribution in [0.5, 0.6) is 0 Å². The SMILES string of the molecule is CCOP(=S)(OCC)C(F)(F)C[C@H]1NC(=O)O[C@@H]1c1ccccc1. The molecule has 1 amide bonds. The van der Waals surface area contributed by atoms with Gasteiger partial charge in [0.05, 0.1) is 19.3 Å². The number of benzene rings is 1. The first-order chi connectivity index (χ1) is 11.3. The van der Waals surface area contributed by atoms with Gasteiger partial charge in [0.2, 0.25) is 0 Å². The fourth-order valence-corrected chi connectivity index (χ4v) is 4.91. The van der Waals surface area contributed by atoms with Crippen molar-refractivity contribution >= 4 is 24.4 Å². The summed E-state index contributed by atoms with van der Waals surface area (Å²) in [4.78, 5) is 11.6. The van der Waals surface area contributed by atoms with Crippen LogP contribution in [-0.4, -0.2) is 31.0 Å². The van der Waals surface area contributed by atoms with Crippen molar-refractivity contribution in [1.29, 1.82) is 0 Å². The predicted molar refractivity (Wildman–Crippen MR) is 89.7 cm³/mol. The largest absolute Gasteiger partial charge is 0.439 e. The minimum Gasteiger partial charge on any atom is -0.439 e. The molecule has 1 aromatic rings. The van der Waals surface area contributed by atoms with E-state index in [1.807, 2.05) is 0 Å². The summed E-state index contributed by atoms with van der Waals surface area (Å²) >= 11 is 5.02. The number of hydrogen-bond donors (Lipinski definition) is 1. The summed E-state index contributed by atoms with van der Waals surface area (Å²) in [7, 11) is 0. The van der Waals surface area contributed by atoms with Crippen molar-refractivity contribution in [3.63, 3.8) is 0 Å². The molecule has 0 bridgehead atoms. The lowest BCUT2D eigenvalue weighted by atomic mass is 10.0. The maximum Gasteiger partial charge on any atom is 0.408 e. The van der Waals surface area contributed by atoms with E-state index >= 15 is 0 Å². The molecule has 134 valence electrons. The zero-order valence-corrected chi connectivity index (χ0v) is 15.1. The molecule has 0 aromatic heterocycles. The minimum atomic E-state index is -3.82. The zero-order chi connectivity index (χ0) is 17.8. The predicted octanol–water partition coefficient (Wildman–Crippen LogP) is 4.20. The highest BCUT2D eigenvalue weighted by molar-refractivity contribution is 8.10. The number of halogens is 2. The zero-order valence-electron chi connectivity index (χ0n) is 13.4. The standard InChI is InChI=1S/C15H20F2NO4PS/c1-3-20-23(24,21-4-2)15(16,17)10-12-13(22-14(19)18-12)11-8-6-5-7-9-11/h5-9,12-13H,3-4,10H2,1-2H3,(H,18,19)/t12-,13-/m1/s1. The molecule has 0 spiro atoms. The summed E-state index contributed by atoms with van der Waals surface area (Å²) in [6.45, 7) is -0.586. The van der Waals surface area contributed by atoms with E-state index in [1.54, 1.807) is 44.2 Å². The molecule has 1 aromatic carbocycles. The number of cyclic esters (lactones) is 1. The molecule has 0 unspecified atom stereocenters. The van der Waals surface area contributed by atoms with E-state index in [0.717, 1.165) is 0 Å². The molecule has 0 radical (unpaired) electrons. The van der Waals surface area contributed by atoms with Crippen LogP contribution < -0.4 is 5.32 Å².